The first-order chi connectivity index (χ1) is 13.6. The molecule has 0 radical (unpaired) electrons. The molecular formula is C21H19ClN2O4. The van der Waals surface area contributed by atoms with Crippen LogP contribution in [-0.2, 0) is 0 Å². The van der Waals surface area contributed by atoms with Gasteiger partial charge in [-0.25, -0.2) is 0 Å². The molecule has 1 aromatic carbocycles. The quantitative estimate of drug-likeness (QED) is 0.713. The summed E-state index contributed by atoms with van der Waals surface area (Å²) in [4.78, 5) is 26.5. The zero-order chi connectivity index (χ0) is 19.5. The van der Waals surface area contributed by atoms with Gasteiger partial charge in [-0.2, -0.15) is 0 Å². The first-order valence-electron chi connectivity index (χ1n) is 9.10. The highest BCUT2D eigenvalue weighted by atomic mass is 35.5. The third kappa shape index (κ3) is 3.82. The highest BCUT2D eigenvalue weighted by Gasteiger charge is 2.26. The molecule has 6 nitrogen and oxygen atoms in total. The van der Waals surface area contributed by atoms with Crippen LogP contribution in [0.2, 0.25) is 5.02 Å². The number of amides is 2. The summed E-state index contributed by atoms with van der Waals surface area (Å²) in [5.74, 6) is 0.739. The molecule has 3 heterocycles. The third-order valence-electron chi connectivity index (χ3n) is 4.82. The summed E-state index contributed by atoms with van der Waals surface area (Å²) in [6, 6.07) is 14.0. The van der Waals surface area contributed by atoms with E-state index in [2.05, 4.69) is 5.32 Å². The fraction of sp³-hybridized carbons (Fsp3) is 0.238. The third-order valence-corrected chi connectivity index (χ3v) is 5.15. The molecule has 0 atom stereocenters. The number of rotatable bonds is 4. The summed E-state index contributed by atoms with van der Waals surface area (Å²) in [5.41, 5.74) is 0.743. The molecule has 2 amide bonds. The molecule has 1 aliphatic rings. The van der Waals surface area contributed by atoms with Crippen molar-refractivity contribution >= 4 is 23.4 Å². The van der Waals surface area contributed by atoms with Crippen molar-refractivity contribution in [3.63, 3.8) is 0 Å². The maximum Gasteiger partial charge on any atom is 0.289 e. The molecule has 0 aliphatic carbocycles. The number of hydrogen-bond acceptors (Lipinski definition) is 4. The Morgan fingerprint density at radius 1 is 1.00 bits per heavy atom. The fourth-order valence-corrected chi connectivity index (χ4v) is 3.53. The van der Waals surface area contributed by atoms with E-state index in [-0.39, 0.29) is 23.6 Å². The first-order valence-corrected chi connectivity index (χ1v) is 9.48. The number of carbonyl (C=O) groups is 2. The van der Waals surface area contributed by atoms with Gasteiger partial charge in [-0.15, -0.1) is 0 Å². The van der Waals surface area contributed by atoms with E-state index in [1.807, 2.05) is 18.2 Å². The Labute approximate surface area is 167 Å². The van der Waals surface area contributed by atoms with Gasteiger partial charge in [-0.1, -0.05) is 23.7 Å². The summed E-state index contributed by atoms with van der Waals surface area (Å²) in [5, 5.41) is 3.55. The number of furan rings is 2. The number of likely N-dealkylation sites (tertiary alicyclic amines) is 1. The van der Waals surface area contributed by atoms with Crippen molar-refractivity contribution in [3.05, 3.63) is 71.3 Å². The molecule has 0 bridgehead atoms. The van der Waals surface area contributed by atoms with Gasteiger partial charge in [0.2, 0.25) is 0 Å². The van der Waals surface area contributed by atoms with E-state index in [9.17, 15) is 9.59 Å². The summed E-state index contributed by atoms with van der Waals surface area (Å²) < 4.78 is 10.9. The summed E-state index contributed by atoms with van der Waals surface area (Å²) in [7, 11) is 0. The minimum Gasteiger partial charge on any atom is -0.459 e. The molecule has 4 rings (SSSR count). The predicted molar refractivity (Wildman–Crippen MR) is 104 cm³/mol. The maximum atomic E-state index is 12.5. The number of hydrogen-bond donors (Lipinski definition) is 1. The van der Waals surface area contributed by atoms with Crippen molar-refractivity contribution in [2.75, 3.05) is 13.1 Å². The van der Waals surface area contributed by atoms with Crippen LogP contribution in [0.15, 0.2) is 63.6 Å². The van der Waals surface area contributed by atoms with Crippen molar-refractivity contribution in [1.82, 2.24) is 10.2 Å². The Bertz CT molecular complexity index is 972. The monoisotopic (exact) mass is 398 g/mol. The van der Waals surface area contributed by atoms with Crippen molar-refractivity contribution < 1.29 is 18.4 Å². The van der Waals surface area contributed by atoms with E-state index in [0.29, 0.717) is 42.5 Å². The summed E-state index contributed by atoms with van der Waals surface area (Å²) in [6.07, 6.45) is 2.84. The van der Waals surface area contributed by atoms with E-state index in [0.717, 1.165) is 5.56 Å². The zero-order valence-corrected chi connectivity index (χ0v) is 15.8. The molecule has 7 heteroatoms. The van der Waals surface area contributed by atoms with Gasteiger partial charge in [-0.05, 0) is 49.2 Å². The van der Waals surface area contributed by atoms with Gasteiger partial charge >= 0.3 is 0 Å². The average molecular weight is 399 g/mol. The van der Waals surface area contributed by atoms with Gasteiger partial charge in [0, 0.05) is 24.7 Å². The predicted octanol–water partition coefficient (Wildman–Crippen LogP) is 4.23. The number of piperidine rings is 1. The Hall–Kier alpha value is -2.99. The van der Waals surface area contributed by atoms with Gasteiger partial charge in [-0.3, -0.25) is 9.59 Å². The molecule has 3 aromatic rings. The zero-order valence-electron chi connectivity index (χ0n) is 15.1. The molecule has 1 saturated heterocycles. The molecule has 144 valence electrons. The van der Waals surface area contributed by atoms with Gasteiger partial charge in [0.05, 0.1) is 11.3 Å². The number of carbonyl (C=O) groups excluding carboxylic acids is 2. The van der Waals surface area contributed by atoms with Crippen LogP contribution in [0.25, 0.3) is 11.3 Å². The lowest BCUT2D eigenvalue weighted by Gasteiger charge is -2.31. The van der Waals surface area contributed by atoms with Crippen molar-refractivity contribution in [3.8, 4) is 11.3 Å². The molecule has 0 unspecified atom stereocenters. The molecule has 2 aromatic heterocycles. The Balaban J connectivity index is 1.34. The highest BCUT2D eigenvalue weighted by Crippen LogP contribution is 2.29. The van der Waals surface area contributed by atoms with Crippen LogP contribution in [0, 0.1) is 0 Å². The minimum atomic E-state index is -0.269. The second-order valence-corrected chi connectivity index (χ2v) is 7.07. The minimum absolute atomic E-state index is 0.0120. The lowest BCUT2D eigenvalue weighted by molar-refractivity contribution is 0.0665. The topological polar surface area (TPSA) is 75.7 Å². The van der Waals surface area contributed by atoms with E-state index in [1.165, 1.54) is 6.26 Å². The Kier molecular flexibility index (Phi) is 5.21. The SMILES string of the molecule is O=C(NC1CCN(C(=O)c2ccco2)CC1)c1ccc(-c2ccccc2Cl)o1. The van der Waals surface area contributed by atoms with Crippen LogP contribution in [0.1, 0.15) is 34.0 Å². The molecule has 28 heavy (non-hydrogen) atoms. The average Bonchev–Trinajstić information content (AvgIpc) is 3.41. The van der Waals surface area contributed by atoms with Gasteiger partial charge in [0.1, 0.15) is 5.76 Å². The number of nitrogens with zero attached hydrogens (tertiary/aromatic N) is 1. The van der Waals surface area contributed by atoms with E-state index < -0.39 is 0 Å². The Morgan fingerprint density at radius 3 is 2.50 bits per heavy atom. The van der Waals surface area contributed by atoms with Crippen LogP contribution in [0.5, 0.6) is 0 Å². The standard InChI is InChI=1S/C21H19ClN2O4/c22-16-5-2-1-4-15(16)17-7-8-18(28-17)20(25)23-14-9-11-24(12-10-14)21(26)19-6-3-13-27-19/h1-8,13-14H,9-12H2,(H,23,25). The Morgan fingerprint density at radius 2 is 1.79 bits per heavy atom. The molecule has 1 N–H and O–H groups in total. The first kappa shape index (κ1) is 18.4. The molecule has 0 saturated carbocycles. The van der Waals surface area contributed by atoms with Crippen LogP contribution < -0.4 is 5.32 Å². The smallest absolute Gasteiger partial charge is 0.289 e. The summed E-state index contributed by atoms with van der Waals surface area (Å²) in [6.45, 7) is 1.13. The fourth-order valence-electron chi connectivity index (χ4n) is 3.31. The van der Waals surface area contributed by atoms with E-state index >= 15 is 0 Å². The van der Waals surface area contributed by atoms with Crippen LogP contribution >= 0.6 is 11.6 Å². The highest BCUT2D eigenvalue weighted by molar-refractivity contribution is 6.33. The lowest BCUT2D eigenvalue weighted by Crippen LogP contribution is -2.46. The number of benzene rings is 1. The van der Waals surface area contributed by atoms with Gasteiger partial charge in [0.25, 0.3) is 11.8 Å². The largest absolute Gasteiger partial charge is 0.459 e. The molecular weight excluding hydrogens is 380 g/mol. The van der Waals surface area contributed by atoms with E-state index in [1.54, 1.807) is 35.2 Å². The lowest BCUT2D eigenvalue weighted by atomic mass is 10.0. The number of nitrogens with one attached hydrogen (secondary N) is 1. The van der Waals surface area contributed by atoms with Crippen molar-refractivity contribution in [2.45, 2.75) is 18.9 Å². The second kappa shape index (κ2) is 7.94. The number of halogens is 1. The molecule has 0 spiro atoms. The molecule has 1 aliphatic heterocycles. The van der Waals surface area contributed by atoms with Gasteiger partial charge < -0.3 is 19.1 Å². The van der Waals surface area contributed by atoms with Crippen LogP contribution in [0.4, 0.5) is 0 Å². The summed E-state index contributed by atoms with van der Waals surface area (Å²) >= 11 is 6.18. The molecule has 1 fully saturated rings. The van der Waals surface area contributed by atoms with Crippen molar-refractivity contribution in [2.24, 2.45) is 0 Å². The van der Waals surface area contributed by atoms with Crippen molar-refractivity contribution in [1.29, 1.82) is 0 Å². The van der Waals surface area contributed by atoms with Crippen LogP contribution in [-0.4, -0.2) is 35.8 Å². The normalized spacial score (nSPS) is 14.8. The second-order valence-electron chi connectivity index (χ2n) is 6.66. The van der Waals surface area contributed by atoms with Gasteiger partial charge in [0.15, 0.2) is 11.5 Å². The van der Waals surface area contributed by atoms with E-state index in [4.69, 9.17) is 20.4 Å². The van der Waals surface area contributed by atoms with Crippen LogP contribution in [0.3, 0.4) is 0 Å². The maximum absolute atomic E-state index is 12.5.